The van der Waals surface area contributed by atoms with Gasteiger partial charge in [0.15, 0.2) is 5.76 Å². The van der Waals surface area contributed by atoms with Gasteiger partial charge in [-0.1, -0.05) is 23.4 Å². The largest absolute Gasteiger partial charge is 0.360 e. The topological polar surface area (TPSA) is 139 Å². The van der Waals surface area contributed by atoms with Gasteiger partial charge >= 0.3 is 0 Å². The highest BCUT2D eigenvalue weighted by molar-refractivity contribution is 7.89. The molecule has 12 heteroatoms. The lowest BCUT2D eigenvalue weighted by atomic mass is 9.98. The molecule has 2 heterocycles. The minimum absolute atomic E-state index is 0.0656. The first kappa shape index (κ1) is 24.4. The van der Waals surface area contributed by atoms with Crippen molar-refractivity contribution in [2.24, 2.45) is 5.92 Å². The molecule has 1 aromatic carbocycles. The first-order chi connectivity index (χ1) is 15.0. The predicted octanol–water partition coefficient (Wildman–Crippen LogP) is 1.18. The van der Waals surface area contributed by atoms with Gasteiger partial charge in [0.1, 0.15) is 10.6 Å². The number of hydrogen-bond acceptors (Lipinski definition) is 7. The molecule has 0 aliphatic carbocycles. The Hall–Kier alpha value is -2.28. The van der Waals surface area contributed by atoms with Crippen LogP contribution in [0.2, 0.25) is 0 Å². The smallest absolute Gasteiger partial charge is 0.246 e. The fourth-order valence-corrected chi connectivity index (χ4v) is 6.72. The second-order valence-electron chi connectivity index (χ2n) is 7.90. The number of piperidine rings is 1. The van der Waals surface area contributed by atoms with Crippen molar-refractivity contribution in [2.75, 3.05) is 19.6 Å². The van der Waals surface area contributed by atoms with Crippen LogP contribution in [0.25, 0.3) is 0 Å². The molecule has 0 bridgehead atoms. The first-order valence-electron chi connectivity index (χ1n) is 10.3. The van der Waals surface area contributed by atoms with Crippen LogP contribution in [-0.2, 0) is 24.8 Å². The summed E-state index contributed by atoms with van der Waals surface area (Å²) in [6, 6.07) is 7.31. The fourth-order valence-electron chi connectivity index (χ4n) is 3.70. The quantitative estimate of drug-likeness (QED) is 0.573. The van der Waals surface area contributed by atoms with Gasteiger partial charge in [0, 0.05) is 19.6 Å². The zero-order valence-corrected chi connectivity index (χ0v) is 19.9. The third-order valence-electron chi connectivity index (χ3n) is 5.48. The molecule has 2 aromatic rings. The number of nitrogens with zero attached hydrogens (tertiary/aromatic N) is 2. The maximum absolute atomic E-state index is 12.7. The van der Waals surface area contributed by atoms with E-state index in [1.807, 2.05) is 0 Å². The van der Waals surface area contributed by atoms with Gasteiger partial charge in [0.2, 0.25) is 26.0 Å². The van der Waals surface area contributed by atoms with Gasteiger partial charge in [-0.2, -0.15) is 9.03 Å². The number of aryl methyl sites for hydroxylation is 2. The van der Waals surface area contributed by atoms with E-state index in [0.717, 1.165) is 0 Å². The number of carbonyl (C=O) groups excluding carboxylic acids is 1. The van der Waals surface area contributed by atoms with E-state index in [0.29, 0.717) is 32.5 Å². The minimum Gasteiger partial charge on any atom is -0.360 e. The van der Waals surface area contributed by atoms with Crippen LogP contribution < -0.4 is 10.0 Å². The molecule has 1 atom stereocenters. The van der Waals surface area contributed by atoms with Gasteiger partial charge in [-0.05, 0) is 51.7 Å². The highest BCUT2D eigenvalue weighted by atomic mass is 32.2. The number of carbonyl (C=O) groups is 1. The maximum Gasteiger partial charge on any atom is 0.246 e. The summed E-state index contributed by atoms with van der Waals surface area (Å²) in [6.45, 7) is 5.54. The molecule has 0 radical (unpaired) electrons. The van der Waals surface area contributed by atoms with Crippen molar-refractivity contribution in [3.63, 3.8) is 0 Å². The van der Waals surface area contributed by atoms with E-state index in [9.17, 15) is 21.6 Å². The molecule has 1 saturated heterocycles. The average molecular weight is 485 g/mol. The highest BCUT2D eigenvalue weighted by Gasteiger charge is 2.31. The molecule has 3 rings (SSSR count). The number of rotatable bonds is 8. The number of nitrogens with one attached hydrogen (secondary N) is 2. The van der Waals surface area contributed by atoms with Crippen molar-refractivity contribution in [3.05, 3.63) is 41.8 Å². The van der Waals surface area contributed by atoms with Gasteiger partial charge in [0.05, 0.1) is 10.9 Å². The van der Waals surface area contributed by atoms with Crippen molar-refractivity contribution in [3.8, 4) is 0 Å². The molecule has 1 aliphatic rings. The summed E-state index contributed by atoms with van der Waals surface area (Å²) in [5, 5.41) is 6.39. The number of benzene rings is 1. The van der Waals surface area contributed by atoms with E-state index in [4.69, 9.17) is 4.52 Å². The summed E-state index contributed by atoms with van der Waals surface area (Å²) < 4.78 is 59.2. The molecule has 1 aliphatic heterocycles. The minimum atomic E-state index is -3.96. The number of amides is 1. The van der Waals surface area contributed by atoms with E-state index in [1.165, 1.54) is 25.1 Å². The van der Waals surface area contributed by atoms with Crippen molar-refractivity contribution in [1.29, 1.82) is 0 Å². The van der Waals surface area contributed by atoms with Crippen LogP contribution in [0.5, 0.6) is 0 Å². The molecular weight excluding hydrogens is 456 g/mol. The monoisotopic (exact) mass is 484 g/mol. The Kier molecular flexibility index (Phi) is 7.38. The Morgan fingerprint density at radius 3 is 2.34 bits per heavy atom. The van der Waals surface area contributed by atoms with Crippen molar-refractivity contribution in [1.82, 2.24) is 19.5 Å². The summed E-state index contributed by atoms with van der Waals surface area (Å²) in [4.78, 5) is 12.6. The summed E-state index contributed by atoms with van der Waals surface area (Å²) in [5.74, 6) is -0.202. The van der Waals surface area contributed by atoms with E-state index in [2.05, 4.69) is 15.2 Å². The van der Waals surface area contributed by atoms with E-state index >= 15 is 0 Å². The van der Waals surface area contributed by atoms with Crippen molar-refractivity contribution < 1.29 is 26.2 Å². The van der Waals surface area contributed by atoms with Crippen LogP contribution in [0, 0.1) is 19.8 Å². The zero-order valence-electron chi connectivity index (χ0n) is 18.2. The Morgan fingerprint density at radius 1 is 1.16 bits per heavy atom. The van der Waals surface area contributed by atoms with E-state index < -0.39 is 32.0 Å². The van der Waals surface area contributed by atoms with Gasteiger partial charge in [0.25, 0.3) is 0 Å². The van der Waals surface area contributed by atoms with E-state index in [-0.39, 0.29) is 27.2 Å². The highest BCUT2D eigenvalue weighted by Crippen LogP contribution is 2.23. The van der Waals surface area contributed by atoms with Crippen molar-refractivity contribution in [2.45, 2.75) is 49.4 Å². The lowest BCUT2D eigenvalue weighted by Crippen LogP contribution is -2.47. The lowest BCUT2D eigenvalue weighted by Gasteiger charge is -2.31. The summed E-state index contributed by atoms with van der Waals surface area (Å²) in [6.07, 6.45) is 1.21. The van der Waals surface area contributed by atoms with Crippen LogP contribution in [0.3, 0.4) is 0 Å². The molecule has 0 unspecified atom stereocenters. The predicted molar refractivity (Wildman–Crippen MR) is 117 cm³/mol. The number of hydrogen-bond donors (Lipinski definition) is 2. The summed E-state index contributed by atoms with van der Waals surface area (Å²) in [5.41, 5.74) is 0.222. The third-order valence-corrected chi connectivity index (χ3v) is 9.18. The van der Waals surface area contributed by atoms with Crippen LogP contribution in [0.15, 0.2) is 44.6 Å². The third kappa shape index (κ3) is 5.37. The molecule has 0 saturated carbocycles. The molecule has 0 spiro atoms. The van der Waals surface area contributed by atoms with Gasteiger partial charge < -0.3 is 9.84 Å². The number of aromatic nitrogens is 1. The molecular formula is C20H28N4O6S2. The van der Waals surface area contributed by atoms with Crippen LogP contribution in [0.1, 0.15) is 31.2 Å². The van der Waals surface area contributed by atoms with E-state index in [1.54, 1.807) is 30.3 Å². The standard InChI is InChI=1S/C20H28N4O6S2/c1-14-19(16(3)30-22-14)31(26,27)23-15(2)20(25)21-13-17-9-11-24(12-10-17)32(28,29)18-7-5-4-6-8-18/h4-8,15,17,23H,9-13H2,1-3H3,(H,21,25)/t15-/m0/s1. The molecule has 2 N–H and O–H groups in total. The molecule has 32 heavy (non-hydrogen) atoms. The Labute approximate surface area is 188 Å². The molecule has 1 aromatic heterocycles. The number of sulfonamides is 2. The Balaban J connectivity index is 1.50. The average Bonchev–Trinajstić information content (AvgIpc) is 3.11. The summed E-state index contributed by atoms with van der Waals surface area (Å²) >= 11 is 0. The SMILES string of the molecule is Cc1noc(C)c1S(=O)(=O)N[C@@H](C)C(=O)NCC1CCN(S(=O)(=O)c2ccccc2)CC1. The van der Waals surface area contributed by atoms with Gasteiger partial charge in [-0.25, -0.2) is 16.8 Å². The Bertz CT molecular complexity index is 1130. The molecule has 10 nitrogen and oxygen atoms in total. The Morgan fingerprint density at radius 2 is 1.78 bits per heavy atom. The zero-order chi connectivity index (χ0) is 23.5. The lowest BCUT2D eigenvalue weighted by molar-refractivity contribution is -0.122. The van der Waals surface area contributed by atoms with Crippen LogP contribution in [-0.4, -0.2) is 57.9 Å². The van der Waals surface area contributed by atoms with Gasteiger partial charge in [-0.15, -0.1) is 0 Å². The van der Waals surface area contributed by atoms with Gasteiger partial charge in [-0.3, -0.25) is 4.79 Å². The fraction of sp³-hybridized carbons (Fsp3) is 0.500. The summed E-state index contributed by atoms with van der Waals surface area (Å²) in [7, 11) is -7.48. The van der Waals surface area contributed by atoms with Crippen molar-refractivity contribution >= 4 is 26.0 Å². The second kappa shape index (κ2) is 9.69. The molecule has 176 valence electrons. The normalized spacial score (nSPS) is 17.2. The van der Waals surface area contributed by atoms with Crippen LogP contribution >= 0.6 is 0 Å². The second-order valence-corrected chi connectivity index (χ2v) is 11.5. The first-order valence-corrected chi connectivity index (χ1v) is 13.2. The maximum atomic E-state index is 12.7. The molecule has 1 amide bonds. The molecule has 1 fully saturated rings. The van der Waals surface area contributed by atoms with Crippen LogP contribution in [0.4, 0.5) is 0 Å².